The second kappa shape index (κ2) is 3.90. The van der Waals surface area contributed by atoms with Gasteiger partial charge in [-0.3, -0.25) is 4.79 Å². The van der Waals surface area contributed by atoms with E-state index < -0.39 is 6.04 Å². The molecule has 0 spiro atoms. The number of rotatable bonds is 2. The van der Waals surface area contributed by atoms with Gasteiger partial charge in [-0.15, -0.1) is 0 Å². The second-order valence-electron chi connectivity index (χ2n) is 4.20. The van der Waals surface area contributed by atoms with Crippen LogP contribution in [0.15, 0.2) is 0 Å². The van der Waals surface area contributed by atoms with Crippen molar-refractivity contribution in [2.24, 2.45) is 11.1 Å². The Morgan fingerprint density at radius 1 is 1.50 bits per heavy atom. The molecule has 0 aromatic heterocycles. The molecule has 0 saturated carbocycles. The molecule has 0 aliphatic rings. The van der Waals surface area contributed by atoms with Crippen LogP contribution in [-0.4, -0.2) is 30.4 Å². The Labute approximate surface area is 74.9 Å². The van der Waals surface area contributed by atoms with Crippen LogP contribution in [0.1, 0.15) is 27.7 Å². The number of amides is 1. The van der Waals surface area contributed by atoms with Crippen LogP contribution >= 0.6 is 0 Å². The number of nitrogens with zero attached hydrogens (tertiary/aromatic N) is 1. The summed E-state index contributed by atoms with van der Waals surface area (Å²) in [6.07, 6.45) is 0. The molecule has 1 atom stereocenters. The molecule has 0 rings (SSSR count). The highest BCUT2D eigenvalue weighted by atomic mass is 16.2. The van der Waals surface area contributed by atoms with Gasteiger partial charge in [0.15, 0.2) is 0 Å². The molecule has 3 heteroatoms. The van der Waals surface area contributed by atoms with Crippen molar-refractivity contribution in [3.8, 4) is 0 Å². The monoisotopic (exact) mass is 172 g/mol. The highest BCUT2D eigenvalue weighted by Crippen LogP contribution is 2.18. The SMILES string of the molecule is CCN(C)C(=O)C(N)C(C)(C)C. The Kier molecular flexibility index (Phi) is 3.71. The van der Waals surface area contributed by atoms with Gasteiger partial charge in [0.1, 0.15) is 0 Å². The van der Waals surface area contributed by atoms with E-state index >= 15 is 0 Å². The minimum absolute atomic E-state index is 0.0185. The molecule has 72 valence electrons. The van der Waals surface area contributed by atoms with Gasteiger partial charge in [0.25, 0.3) is 0 Å². The highest BCUT2D eigenvalue weighted by Gasteiger charge is 2.28. The van der Waals surface area contributed by atoms with Gasteiger partial charge < -0.3 is 10.6 Å². The van der Waals surface area contributed by atoms with E-state index in [1.807, 2.05) is 27.7 Å². The molecule has 1 unspecified atom stereocenters. The summed E-state index contributed by atoms with van der Waals surface area (Å²) in [7, 11) is 1.77. The summed E-state index contributed by atoms with van der Waals surface area (Å²) in [5.74, 6) is 0.0185. The van der Waals surface area contributed by atoms with E-state index in [1.165, 1.54) is 0 Å². The molecule has 12 heavy (non-hydrogen) atoms. The summed E-state index contributed by atoms with van der Waals surface area (Å²) < 4.78 is 0. The number of nitrogens with two attached hydrogens (primary N) is 1. The highest BCUT2D eigenvalue weighted by molar-refractivity contribution is 5.82. The molecule has 3 nitrogen and oxygen atoms in total. The standard InChI is InChI=1S/C9H20N2O/c1-6-11(5)8(12)7(10)9(2,3)4/h7H,6,10H2,1-5H3. The summed E-state index contributed by atoms with van der Waals surface area (Å²) in [5, 5.41) is 0. The van der Waals surface area contributed by atoms with Crippen LogP contribution in [-0.2, 0) is 4.79 Å². The topological polar surface area (TPSA) is 46.3 Å². The van der Waals surface area contributed by atoms with Gasteiger partial charge in [-0.25, -0.2) is 0 Å². The molecule has 1 amide bonds. The summed E-state index contributed by atoms with van der Waals surface area (Å²) in [6.45, 7) is 8.56. The fraction of sp³-hybridized carbons (Fsp3) is 0.889. The van der Waals surface area contributed by atoms with Crippen molar-refractivity contribution >= 4 is 5.91 Å². The minimum Gasteiger partial charge on any atom is -0.345 e. The molecule has 0 aromatic carbocycles. The molecule has 0 heterocycles. The van der Waals surface area contributed by atoms with Crippen molar-refractivity contribution in [1.29, 1.82) is 0 Å². The average Bonchev–Trinajstić information content (AvgIpc) is 1.98. The first-order valence-corrected chi connectivity index (χ1v) is 4.31. The third kappa shape index (κ3) is 2.81. The Bertz CT molecular complexity index is 160. The minimum atomic E-state index is -0.401. The Morgan fingerprint density at radius 2 is 1.92 bits per heavy atom. The van der Waals surface area contributed by atoms with E-state index in [2.05, 4.69) is 0 Å². The smallest absolute Gasteiger partial charge is 0.239 e. The van der Waals surface area contributed by atoms with Crippen molar-refractivity contribution < 1.29 is 4.79 Å². The zero-order valence-corrected chi connectivity index (χ0v) is 8.72. The lowest BCUT2D eigenvalue weighted by Gasteiger charge is -2.29. The fourth-order valence-corrected chi connectivity index (χ4v) is 0.764. The second-order valence-corrected chi connectivity index (χ2v) is 4.20. The van der Waals surface area contributed by atoms with Crippen molar-refractivity contribution in [3.05, 3.63) is 0 Å². The van der Waals surface area contributed by atoms with Crippen LogP contribution in [0.2, 0.25) is 0 Å². The maximum Gasteiger partial charge on any atom is 0.239 e. The average molecular weight is 172 g/mol. The van der Waals surface area contributed by atoms with Crippen LogP contribution in [0.25, 0.3) is 0 Å². The zero-order valence-electron chi connectivity index (χ0n) is 8.72. The summed E-state index contributed by atoms with van der Waals surface area (Å²) >= 11 is 0. The third-order valence-corrected chi connectivity index (χ3v) is 2.05. The lowest BCUT2D eigenvalue weighted by atomic mass is 9.86. The Balaban J connectivity index is 4.30. The number of carbonyl (C=O) groups excluding carboxylic acids is 1. The first-order chi connectivity index (χ1) is 5.30. The molecule has 0 fully saturated rings. The van der Waals surface area contributed by atoms with E-state index in [1.54, 1.807) is 11.9 Å². The maximum absolute atomic E-state index is 11.5. The summed E-state index contributed by atoms with van der Waals surface area (Å²) in [5.41, 5.74) is 5.63. The van der Waals surface area contributed by atoms with Crippen LogP contribution in [0.4, 0.5) is 0 Å². The van der Waals surface area contributed by atoms with E-state index in [0.717, 1.165) is 0 Å². The largest absolute Gasteiger partial charge is 0.345 e. The van der Waals surface area contributed by atoms with Gasteiger partial charge >= 0.3 is 0 Å². The van der Waals surface area contributed by atoms with Gasteiger partial charge in [-0.1, -0.05) is 20.8 Å². The molecule has 0 aromatic rings. The van der Waals surface area contributed by atoms with Gasteiger partial charge in [-0.2, -0.15) is 0 Å². The third-order valence-electron chi connectivity index (χ3n) is 2.05. The predicted molar refractivity (Wildman–Crippen MR) is 50.7 cm³/mol. The summed E-state index contributed by atoms with van der Waals surface area (Å²) in [4.78, 5) is 13.2. The molecule has 2 N–H and O–H groups in total. The van der Waals surface area contributed by atoms with Crippen LogP contribution in [0.3, 0.4) is 0 Å². The molecule has 0 aliphatic heterocycles. The van der Waals surface area contributed by atoms with Gasteiger partial charge in [0.2, 0.25) is 5.91 Å². The van der Waals surface area contributed by atoms with E-state index in [9.17, 15) is 4.79 Å². The van der Waals surface area contributed by atoms with Crippen LogP contribution in [0, 0.1) is 5.41 Å². The van der Waals surface area contributed by atoms with Crippen LogP contribution < -0.4 is 5.73 Å². The lowest BCUT2D eigenvalue weighted by molar-refractivity contribution is -0.133. The fourth-order valence-electron chi connectivity index (χ4n) is 0.764. The molecule has 0 saturated heterocycles. The zero-order chi connectivity index (χ0) is 9.94. The van der Waals surface area contributed by atoms with Gasteiger partial charge in [0, 0.05) is 13.6 Å². The first kappa shape index (κ1) is 11.4. The van der Waals surface area contributed by atoms with E-state index in [-0.39, 0.29) is 11.3 Å². The van der Waals surface area contributed by atoms with Crippen molar-refractivity contribution in [3.63, 3.8) is 0 Å². The predicted octanol–water partition coefficient (Wildman–Crippen LogP) is 0.838. The van der Waals surface area contributed by atoms with Crippen molar-refractivity contribution in [2.45, 2.75) is 33.7 Å². The molecule has 0 aliphatic carbocycles. The van der Waals surface area contributed by atoms with E-state index in [4.69, 9.17) is 5.73 Å². The van der Waals surface area contributed by atoms with Gasteiger partial charge in [-0.05, 0) is 12.3 Å². The van der Waals surface area contributed by atoms with Crippen molar-refractivity contribution in [1.82, 2.24) is 4.90 Å². The Hall–Kier alpha value is -0.570. The number of hydrogen-bond donors (Lipinski definition) is 1. The maximum atomic E-state index is 11.5. The van der Waals surface area contributed by atoms with Crippen molar-refractivity contribution in [2.75, 3.05) is 13.6 Å². The molecule has 0 radical (unpaired) electrons. The number of hydrogen-bond acceptors (Lipinski definition) is 2. The normalized spacial score (nSPS) is 14.2. The molecule has 0 bridgehead atoms. The van der Waals surface area contributed by atoms with Crippen LogP contribution in [0.5, 0.6) is 0 Å². The number of likely N-dealkylation sites (N-methyl/N-ethyl adjacent to an activating group) is 1. The molecular weight excluding hydrogens is 152 g/mol. The van der Waals surface area contributed by atoms with Gasteiger partial charge in [0.05, 0.1) is 6.04 Å². The quantitative estimate of drug-likeness (QED) is 0.671. The first-order valence-electron chi connectivity index (χ1n) is 4.31. The Morgan fingerprint density at radius 3 is 2.17 bits per heavy atom. The summed E-state index contributed by atoms with van der Waals surface area (Å²) in [6, 6.07) is -0.401. The van der Waals surface area contributed by atoms with E-state index in [0.29, 0.717) is 6.54 Å². The lowest BCUT2D eigenvalue weighted by Crippen LogP contribution is -2.49. The number of carbonyl (C=O) groups is 1. The molecular formula is C9H20N2O.